The van der Waals surface area contributed by atoms with Gasteiger partial charge in [-0.1, -0.05) is 37.3 Å². The standard InChI is InChI=1S/C18H22N2O/c1-2-12-20-14-17-16-8-4-3-7-15(16)9-10-18(17)21-13-6-5-11-19/h3-4,7-10,20H,2,5-6,12-14H2,1H3. The maximum absolute atomic E-state index is 8.59. The molecule has 0 atom stereocenters. The van der Waals surface area contributed by atoms with Crippen molar-refractivity contribution in [3.63, 3.8) is 0 Å². The fourth-order valence-electron chi connectivity index (χ4n) is 2.36. The first-order valence-corrected chi connectivity index (χ1v) is 7.58. The van der Waals surface area contributed by atoms with Crippen LogP contribution in [0.25, 0.3) is 10.8 Å². The van der Waals surface area contributed by atoms with Gasteiger partial charge in [0.15, 0.2) is 0 Å². The van der Waals surface area contributed by atoms with E-state index in [4.69, 9.17) is 10.00 Å². The highest BCUT2D eigenvalue weighted by Crippen LogP contribution is 2.28. The molecule has 0 aliphatic carbocycles. The quantitative estimate of drug-likeness (QED) is 0.744. The zero-order chi connectivity index (χ0) is 14.9. The van der Waals surface area contributed by atoms with E-state index < -0.39 is 0 Å². The van der Waals surface area contributed by atoms with Gasteiger partial charge in [0.05, 0.1) is 12.7 Å². The van der Waals surface area contributed by atoms with Crippen LogP contribution in [0, 0.1) is 11.3 Å². The third-order valence-electron chi connectivity index (χ3n) is 3.42. The Balaban J connectivity index is 2.21. The van der Waals surface area contributed by atoms with Crippen LogP contribution in [0.2, 0.25) is 0 Å². The number of benzene rings is 2. The summed E-state index contributed by atoms with van der Waals surface area (Å²) in [5.41, 5.74) is 1.21. The zero-order valence-electron chi connectivity index (χ0n) is 12.6. The monoisotopic (exact) mass is 282 g/mol. The van der Waals surface area contributed by atoms with Crippen LogP contribution in [-0.4, -0.2) is 13.2 Å². The number of hydrogen-bond donors (Lipinski definition) is 1. The number of nitrogens with zero attached hydrogens (tertiary/aromatic N) is 1. The van der Waals surface area contributed by atoms with E-state index in [1.807, 2.05) is 6.07 Å². The summed E-state index contributed by atoms with van der Waals surface area (Å²) in [4.78, 5) is 0. The Morgan fingerprint density at radius 3 is 2.86 bits per heavy atom. The van der Waals surface area contributed by atoms with Crippen LogP contribution < -0.4 is 10.1 Å². The van der Waals surface area contributed by atoms with Gasteiger partial charge >= 0.3 is 0 Å². The van der Waals surface area contributed by atoms with Crippen LogP contribution in [0.4, 0.5) is 0 Å². The number of ether oxygens (including phenoxy) is 1. The Hall–Kier alpha value is -2.05. The summed E-state index contributed by atoms with van der Waals surface area (Å²) >= 11 is 0. The Bertz CT molecular complexity index is 616. The summed E-state index contributed by atoms with van der Waals surface area (Å²) in [7, 11) is 0. The molecule has 2 aromatic rings. The summed E-state index contributed by atoms with van der Waals surface area (Å²) in [6.45, 7) is 4.56. The third-order valence-corrected chi connectivity index (χ3v) is 3.42. The maximum Gasteiger partial charge on any atom is 0.124 e. The summed E-state index contributed by atoms with van der Waals surface area (Å²) < 4.78 is 5.89. The van der Waals surface area contributed by atoms with Gasteiger partial charge in [0.25, 0.3) is 0 Å². The lowest BCUT2D eigenvalue weighted by molar-refractivity contribution is 0.309. The van der Waals surface area contributed by atoms with Gasteiger partial charge in [-0.2, -0.15) is 5.26 Å². The van der Waals surface area contributed by atoms with Gasteiger partial charge in [-0.15, -0.1) is 0 Å². The lowest BCUT2D eigenvalue weighted by Crippen LogP contribution is -2.15. The van der Waals surface area contributed by atoms with Crippen LogP contribution in [0.5, 0.6) is 5.75 Å². The van der Waals surface area contributed by atoms with Gasteiger partial charge in [-0.25, -0.2) is 0 Å². The van der Waals surface area contributed by atoms with Crippen molar-refractivity contribution in [2.24, 2.45) is 0 Å². The topological polar surface area (TPSA) is 45.0 Å². The molecule has 0 aliphatic rings. The molecule has 0 spiro atoms. The Morgan fingerprint density at radius 2 is 2.05 bits per heavy atom. The molecule has 0 saturated carbocycles. The van der Waals surface area contributed by atoms with E-state index in [1.54, 1.807) is 0 Å². The number of fused-ring (bicyclic) bond motifs is 1. The van der Waals surface area contributed by atoms with Crippen molar-refractivity contribution in [3.8, 4) is 11.8 Å². The third kappa shape index (κ3) is 4.21. The highest BCUT2D eigenvalue weighted by molar-refractivity contribution is 5.87. The molecule has 2 aromatic carbocycles. The number of unbranched alkanes of at least 4 members (excludes halogenated alkanes) is 1. The predicted molar refractivity (Wildman–Crippen MR) is 86.3 cm³/mol. The first-order valence-electron chi connectivity index (χ1n) is 7.58. The van der Waals surface area contributed by atoms with E-state index in [1.165, 1.54) is 16.3 Å². The van der Waals surface area contributed by atoms with E-state index in [-0.39, 0.29) is 0 Å². The second-order valence-electron chi connectivity index (χ2n) is 5.05. The molecule has 1 N–H and O–H groups in total. The normalized spacial score (nSPS) is 10.5. The van der Waals surface area contributed by atoms with Crippen molar-refractivity contribution < 1.29 is 4.74 Å². The zero-order valence-corrected chi connectivity index (χ0v) is 12.6. The first kappa shape index (κ1) is 15.3. The maximum atomic E-state index is 8.59. The lowest BCUT2D eigenvalue weighted by atomic mass is 10.0. The minimum Gasteiger partial charge on any atom is -0.493 e. The molecule has 0 fully saturated rings. The second kappa shape index (κ2) is 8.28. The van der Waals surface area contributed by atoms with Crippen LogP contribution >= 0.6 is 0 Å². The highest BCUT2D eigenvalue weighted by Gasteiger charge is 2.08. The van der Waals surface area contributed by atoms with Gasteiger partial charge in [-0.05, 0) is 36.2 Å². The molecule has 21 heavy (non-hydrogen) atoms. The van der Waals surface area contributed by atoms with Crippen LogP contribution in [0.3, 0.4) is 0 Å². The van der Waals surface area contributed by atoms with Crippen molar-refractivity contribution in [3.05, 3.63) is 42.0 Å². The molecule has 2 rings (SSSR count). The fraction of sp³-hybridized carbons (Fsp3) is 0.389. The largest absolute Gasteiger partial charge is 0.493 e. The summed E-state index contributed by atoms with van der Waals surface area (Å²) in [5.74, 6) is 0.926. The van der Waals surface area contributed by atoms with E-state index in [0.29, 0.717) is 13.0 Å². The minimum absolute atomic E-state index is 0.539. The number of rotatable bonds is 8. The summed E-state index contributed by atoms with van der Waals surface area (Å²) in [5, 5.41) is 14.5. The van der Waals surface area contributed by atoms with E-state index in [2.05, 4.69) is 48.6 Å². The predicted octanol–water partition coefficient (Wildman–Crippen LogP) is 4.02. The van der Waals surface area contributed by atoms with Crippen LogP contribution in [0.15, 0.2) is 36.4 Å². The summed E-state index contributed by atoms with van der Waals surface area (Å²) in [6.07, 6.45) is 2.42. The smallest absolute Gasteiger partial charge is 0.124 e. The van der Waals surface area contributed by atoms with E-state index in [9.17, 15) is 0 Å². The minimum atomic E-state index is 0.539. The summed E-state index contributed by atoms with van der Waals surface area (Å²) in [6, 6.07) is 14.7. The number of nitrogens with one attached hydrogen (secondary N) is 1. The molecular formula is C18H22N2O. The van der Waals surface area contributed by atoms with E-state index in [0.717, 1.165) is 31.7 Å². The van der Waals surface area contributed by atoms with Gasteiger partial charge in [0.1, 0.15) is 5.75 Å². The molecule has 0 heterocycles. The SMILES string of the molecule is CCCNCc1c(OCCCC#N)ccc2ccccc12. The second-order valence-corrected chi connectivity index (χ2v) is 5.05. The molecule has 0 bridgehead atoms. The number of hydrogen-bond acceptors (Lipinski definition) is 3. The lowest BCUT2D eigenvalue weighted by Gasteiger charge is -2.14. The average molecular weight is 282 g/mol. The van der Waals surface area contributed by atoms with Crippen molar-refractivity contribution >= 4 is 10.8 Å². The molecule has 3 nitrogen and oxygen atoms in total. The molecule has 0 aromatic heterocycles. The number of nitriles is 1. The van der Waals surface area contributed by atoms with Crippen LogP contribution in [0.1, 0.15) is 31.7 Å². The Kier molecular flexibility index (Phi) is 6.05. The van der Waals surface area contributed by atoms with Gasteiger partial charge in [0.2, 0.25) is 0 Å². The van der Waals surface area contributed by atoms with Crippen molar-refractivity contribution in [1.29, 1.82) is 5.26 Å². The molecule has 0 radical (unpaired) electrons. The van der Waals surface area contributed by atoms with Crippen molar-refractivity contribution in [1.82, 2.24) is 5.32 Å². The Labute approximate surface area is 126 Å². The molecule has 0 aliphatic heterocycles. The van der Waals surface area contributed by atoms with Crippen molar-refractivity contribution in [2.75, 3.05) is 13.2 Å². The van der Waals surface area contributed by atoms with Crippen LogP contribution in [-0.2, 0) is 6.54 Å². The highest BCUT2D eigenvalue weighted by atomic mass is 16.5. The van der Waals surface area contributed by atoms with Gasteiger partial charge < -0.3 is 10.1 Å². The molecule has 0 amide bonds. The average Bonchev–Trinajstić information content (AvgIpc) is 2.53. The molecule has 110 valence electrons. The van der Waals surface area contributed by atoms with Gasteiger partial charge in [0, 0.05) is 18.5 Å². The fourth-order valence-corrected chi connectivity index (χ4v) is 2.36. The van der Waals surface area contributed by atoms with Crippen molar-refractivity contribution in [2.45, 2.75) is 32.7 Å². The van der Waals surface area contributed by atoms with Gasteiger partial charge in [-0.3, -0.25) is 0 Å². The Morgan fingerprint density at radius 1 is 1.19 bits per heavy atom. The molecular weight excluding hydrogens is 260 g/mol. The molecule has 3 heteroatoms. The van der Waals surface area contributed by atoms with E-state index >= 15 is 0 Å². The first-order chi connectivity index (χ1) is 10.4. The molecule has 0 unspecified atom stereocenters. The molecule has 0 saturated heterocycles.